The van der Waals surface area contributed by atoms with Gasteiger partial charge in [-0.15, -0.1) is 5.10 Å². The second-order valence-corrected chi connectivity index (χ2v) is 6.38. The number of carboxylic acids is 2. The van der Waals surface area contributed by atoms with Crippen LogP contribution < -0.4 is 4.74 Å². The Labute approximate surface area is 172 Å². The van der Waals surface area contributed by atoms with Gasteiger partial charge in [0.25, 0.3) is 0 Å². The highest BCUT2D eigenvalue weighted by Crippen LogP contribution is 2.22. The van der Waals surface area contributed by atoms with Crippen molar-refractivity contribution in [2.24, 2.45) is 0 Å². The van der Waals surface area contributed by atoms with E-state index >= 15 is 0 Å². The minimum atomic E-state index is -1.26. The molecular weight excluding hydrogens is 402 g/mol. The van der Waals surface area contributed by atoms with Gasteiger partial charge in [0.2, 0.25) is 5.88 Å². The average Bonchev–Trinajstić information content (AvgIpc) is 3.17. The predicted octanol–water partition coefficient (Wildman–Crippen LogP) is 2.15. The molecule has 0 amide bonds. The van der Waals surface area contributed by atoms with Crippen LogP contribution in [0.1, 0.15) is 0 Å². The molecule has 29 heavy (non-hydrogen) atoms. The van der Waals surface area contributed by atoms with E-state index in [-0.39, 0.29) is 0 Å². The summed E-state index contributed by atoms with van der Waals surface area (Å²) >= 11 is 5.88. The van der Waals surface area contributed by atoms with Gasteiger partial charge in [-0.2, -0.15) is 0 Å². The first-order valence-corrected chi connectivity index (χ1v) is 9.20. The minimum absolute atomic E-state index is 0.558. The fourth-order valence-electron chi connectivity index (χ4n) is 2.40. The zero-order chi connectivity index (χ0) is 21.1. The summed E-state index contributed by atoms with van der Waals surface area (Å²) in [7, 11) is 0. The molecule has 0 radical (unpaired) electrons. The second kappa shape index (κ2) is 11.8. The molecule has 1 aliphatic rings. The molecule has 156 valence electrons. The molecule has 0 atom stereocenters. The first kappa shape index (κ1) is 22.4. The first-order valence-electron chi connectivity index (χ1n) is 8.82. The van der Waals surface area contributed by atoms with Crippen LogP contribution >= 0.6 is 11.6 Å². The van der Waals surface area contributed by atoms with Crippen LogP contribution in [0.15, 0.2) is 42.5 Å². The molecule has 1 saturated heterocycles. The number of rotatable bonds is 7. The topological polar surface area (TPSA) is 125 Å². The van der Waals surface area contributed by atoms with Crippen LogP contribution in [0.25, 0.3) is 11.3 Å². The van der Waals surface area contributed by atoms with Crippen LogP contribution in [0.5, 0.6) is 5.88 Å². The zero-order valence-electron chi connectivity index (χ0n) is 15.6. The van der Waals surface area contributed by atoms with Gasteiger partial charge in [0.15, 0.2) is 0 Å². The van der Waals surface area contributed by atoms with Gasteiger partial charge in [0.05, 0.1) is 18.9 Å². The van der Waals surface area contributed by atoms with Gasteiger partial charge in [-0.3, -0.25) is 10.00 Å². The Hall–Kier alpha value is -2.88. The lowest BCUT2D eigenvalue weighted by molar-refractivity contribution is -0.134. The first-order chi connectivity index (χ1) is 13.9. The summed E-state index contributed by atoms with van der Waals surface area (Å²) in [6.45, 7) is 5.09. The summed E-state index contributed by atoms with van der Waals surface area (Å²) in [5.41, 5.74) is 1.96. The van der Waals surface area contributed by atoms with Gasteiger partial charge >= 0.3 is 11.9 Å². The molecular formula is C19H22ClN3O6. The summed E-state index contributed by atoms with van der Waals surface area (Å²) in [5.74, 6) is -1.90. The van der Waals surface area contributed by atoms with Crippen molar-refractivity contribution in [1.29, 1.82) is 0 Å². The van der Waals surface area contributed by atoms with Crippen molar-refractivity contribution in [2.45, 2.75) is 0 Å². The number of hydrogen-bond acceptors (Lipinski definition) is 6. The third-order valence-corrected chi connectivity index (χ3v) is 4.09. The highest BCUT2D eigenvalue weighted by Gasteiger charge is 2.10. The van der Waals surface area contributed by atoms with Gasteiger partial charge in [-0.1, -0.05) is 23.7 Å². The van der Waals surface area contributed by atoms with Crippen molar-refractivity contribution in [3.05, 3.63) is 47.5 Å². The number of ether oxygens (including phenoxy) is 2. The van der Waals surface area contributed by atoms with E-state index in [4.69, 9.17) is 31.3 Å². The number of nitrogens with one attached hydrogen (secondary N) is 1. The van der Waals surface area contributed by atoms with Crippen molar-refractivity contribution in [3.63, 3.8) is 0 Å². The van der Waals surface area contributed by atoms with E-state index in [9.17, 15) is 9.59 Å². The van der Waals surface area contributed by atoms with Crippen LogP contribution in [0, 0.1) is 0 Å². The Morgan fingerprint density at radius 3 is 2.38 bits per heavy atom. The van der Waals surface area contributed by atoms with E-state index < -0.39 is 11.9 Å². The molecule has 3 rings (SSSR count). The molecule has 0 aliphatic carbocycles. The Kier molecular flexibility index (Phi) is 9.16. The molecule has 2 heterocycles. The Balaban J connectivity index is 0.000000321. The van der Waals surface area contributed by atoms with E-state index in [0.717, 1.165) is 49.1 Å². The van der Waals surface area contributed by atoms with Gasteiger partial charge in [-0.25, -0.2) is 9.59 Å². The summed E-state index contributed by atoms with van der Waals surface area (Å²) in [6, 6.07) is 9.52. The molecule has 1 aromatic heterocycles. The Morgan fingerprint density at radius 1 is 1.17 bits per heavy atom. The molecule has 0 bridgehead atoms. The molecule has 10 heteroatoms. The van der Waals surface area contributed by atoms with Gasteiger partial charge in [-0.05, 0) is 17.7 Å². The highest BCUT2D eigenvalue weighted by molar-refractivity contribution is 6.30. The molecule has 0 unspecified atom stereocenters. The Bertz CT molecular complexity index is 800. The third kappa shape index (κ3) is 8.77. The van der Waals surface area contributed by atoms with E-state index in [1.54, 1.807) is 0 Å². The van der Waals surface area contributed by atoms with Crippen LogP contribution in [-0.2, 0) is 14.3 Å². The maximum Gasteiger partial charge on any atom is 0.328 e. The van der Waals surface area contributed by atoms with E-state index in [0.29, 0.717) is 24.6 Å². The number of aromatic amines is 1. The fourth-order valence-corrected chi connectivity index (χ4v) is 2.53. The molecule has 2 aromatic rings. The summed E-state index contributed by atoms with van der Waals surface area (Å²) in [5, 5.41) is 23.5. The summed E-state index contributed by atoms with van der Waals surface area (Å²) in [6.07, 6.45) is 1.12. The van der Waals surface area contributed by atoms with Crippen LogP contribution in [0.3, 0.4) is 0 Å². The Morgan fingerprint density at radius 2 is 1.79 bits per heavy atom. The van der Waals surface area contributed by atoms with Crippen molar-refractivity contribution >= 4 is 23.5 Å². The number of carbonyl (C=O) groups is 2. The molecule has 1 aliphatic heterocycles. The largest absolute Gasteiger partial charge is 0.478 e. The number of hydrogen-bond donors (Lipinski definition) is 3. The van der Waals surface area contributed by atoms with Crippen molar-refractivity contribution < 1.29 is 29.3 Å². The van der Waals surface area contributed by atoms with Crippen molar-refractivity contribution in [3.8, 4) is 17.1 Å². The number of H-pyrrole nitrogens is 1. The fraction of sp³-hybridized carbons (Fsp3) is 0.316. The number of carboxylic acid groups (broad SMARTS) is 2. The quantitative estimate of drug-likeness (QED) is 0.578. The number of morpholine rings is 1. The van der Waals surface area contributed by atoms with Gasteiger partial charge in [0.1, 0.15) is 6.61 Å². The van der Waals surface area contributed by atoms with E-state index in [1.807, 2.05) is 30.3 Å². The predicted molar refractivity (Wildman–Crippen MR) is 106 cm³/mol. The lowest BCUT2D eigenvalue weighted by Gasteiger charge is -2.26. The summed E-state index contributed by atoms with van der Waals surface area (Å²) < 4.78 is 11.0. The second-order valence-electron chi connectivity index (χ2n) is 5.94. The monoisotopic (exact) mass is 423 g/mol. The summed E-state index contributed by atoms with van der Waals surface area (Å²) in [4.78, 5) is 21.4. The van der Waals surface area contributed by atoms with E-state index in [2.05, 4.69) is 15.1 Å². The van der Waals surface area contributed by atoms with Gasteiger partial charge < -0.3 is 19.7 Å². The van der Waals surface area contributed by atoms with Crippen molar-refractivity contribution in [2.75, 3.05) is 39.5 Å². The number of benzene rings is 1. The number of aliphatic carboxylic acids is 2. The molecule has 0 saturated carbocycles. The van der Waals surface area contributed by atoms with Crippen LogP contribution in [0.4, 0.5) is 0 Å². The third-order valence-electron chi connectivity index (χ3n) is 3.84. The van der Waals surface area contributed by atoms with Crippen LogP contribution in [0.2, 0.25) is 5.02 Å². The van der Waals surface area contributed by atoms with E-state index in [1.165, 1.54) is 0 Å². The number of aromatic nitrogens is 2. The number of nitrogens with zero attached hydrogens (tertiary/aromatic N) is 2. The molecule has 3 N–H and O–H groups in total. The molecule has 1 fully saturated rings. The molecule has 9 nitrogen and oxygen atoms in total. The number of halogens is 1. The molecule has 0 spiro atoms. The molecule has 1 aromatic carbocycles. The highest BCUT2D eigenvalue weighted by atomic mass is 35.5. The standard InChI is InChI=1S/C15H18ClN3O2.C4H4O4/c16-13-3-1-12(2-4-13)14-11-15(18-17-14)21-10-7-19-5-8-20-9-6-19;5-3(6)1-2-4(7)8/h1-4,11H,5-10H2,(H,17,18);1-2H,(H,5,6)(H,7,8)/b;2-1-. The lowest BCUT2D eigenvalue weighted by atomic mass is 10.2. The average molecular weight is 424 g/mol. The maximum atomic E-state index is 9.55. The lowest BCUT2D eigenvalue weighted by Crippen LogP contribution is -2.38. The zero-order valence-corrected chi connectivity index (χ0v) is 16.3. The van der Waals surface area contributed by atoms with Crippen LogP contribution in [-0.4, -0.2) is 76.7 Å². The minimum Gasteiger partial charge on any atom is -0.478 e. The maximum absolute atomic E-state index is 9.55. The van der Waals surface area contributed by atoms with Gasteiger partial charge in [0, 0.05) is 42.9 Å². The smallest absolute Gasteiger partial charge is 0.328 e. The normalized spacial score (nSPS) is 14.2. The SMILES string of the molecule is Clc1ccc(-c2cc(OCCN3CCOCC3)n[nH]2)cc1.O=C(O)/C=C\C(=O)O. The van der Waals surface area contributed by atoms with Crippen molar-refractivity contribution in [1.82, 2.24) is 15.1 Å².